The maximum absolute atomic E-state index is 9.30. The van der Waals surface area contributed by atoms with Crippen molar-refractivity contribution in [2.24, 2.45) is 5.10 Å². The van der Waals surface area contributed by atoms with Gasteiger partial charge in [-0.2, -0.15) is 5.10 Å². The molecule has 1 aliphatic rings. The molecule has 0 aromatic heterocycles. The normalized spacial score (nSPS) is 18.2. The van der Waals surface area contributed by atoms with Gasteiger partial charge in [0.15, 0.2) is 0 Å². The lowest BCUT2D eigenvalue weighted by Gasteiger charge is -2.30. The van der Waals surface area contributed by atoms with Gasteiger partial charge in [0.05, 0.1) is 6.21 Å². The Hall–Kier alpha value is -1.55. The van der Waals surface area contributed by atoms with Gasteiger partial charge in [0.1, 0.15) is 5.75 Å². The molecule has 0 bridgehead atoms. The highest BCUT2D eigenvalue weighted by Gasteiger charge is 2.10. The second-order valence-corrected chi connectivity index (χ2v) is 4.10. The predicted molar refractivity (Wildman–Crippen MR) is 64.8 cm³/mol. The summed E-state index contributed by atoms with van der Waals surface area (Å²) in [6, 6.07) is 7.12. The first-order valence-corrected chi connectivity index (χ1v) is 5.50. The summed E-state index contributed by atoms with van der Waals surface area (Å²) in [5.74, 6) is 0.280. The van der Waals surface area contributed by atoms with Crippen molar-refractivity contribution in [2.45, 2.75) is 0 Å². The van der Waals surface area contributed by atoms with Crippen LogP contribution in [0.2, 0.25) is 0 Å². The molecule has 0 amide bonds. The Labute approximate surface area is 95.8 Å². The van der Waals surface area contributed by atoms with E-state index in [1.807, 2.05) is 12.1 Å². The molecule has 1 aromatic rings. The molecule has 0 unspecified atom stereocenters. The number of phenols is 1. The molecule has 1 heterocycles. The summed E-state index contributed by atoms with van der Waals surface area (Å²) >= 11 is 0. The van der Waals surface area contributed by atoms with Gasteiger partial charge in [-0.25, -0.2) is 0 Å². The van der Waals surface area contributed by atoms with Gasteiger partial charge in [0.25, 0.3) is 0 Å². The summed E-state index contributed by atoms with van der Waals surface area (Å²) in [4.78, 5) is 2.29. The molecule has 86 valence electrons. The summed E-state index contributed by atoms with van der Waals surface area (Å²) in [6.45, 7) is 4.03. The number of hydrogen-bond acceptors (Lipinski definition) is 4. The fraction of sp³-hybridized carbons (Fsp3) is 0.417. The van der Waals surface area contributed by atoms with Crippen molar-refractivity contribution < 1.29 is 5.11 Å². The molecule has 1 aliphatic heterocycles. The number of phenolic OH excluding ortho intramolecular Hbond substituents is 1. The zero-order valence-corrected chi connectivity index (χ0v) is 9.50. The van der Waals surface area contributed by atoms with E-state index in [9.17, 15) is 5.11 Å². The third-order valence-electron chi connectivity index (χ3n) is 2.72. The molecule has 2 rings (SSSR count). The molecule has 1 aromatic carbocycles. The van der Waals surface area contributed by atoms with Gasteiger partial charge in [-0.1, -0.05) is 12.1 Å². The minimum atomic E-state index is 0.280. The van der Waals surface area contributed by atoms with E-state index in [-0.39, 0.29) is 5.75 Å². The lowest BCUT2D eigenvalue weighted by atomic mass is 10.2. The predicted octanol–water partition coefficient (Wildman–Crippen LogP) is 0.974. The second-order valence-electron chi connectivity index (χ2n) is 4.10. The molecule has 1 fully saturated rings. The van der Waals surface area contributed by atoms with Crippen LogP contribution in [0.15, 0.2) is 29.4 Å². The number of benzene rings is 1. The monoisotopic (exact) mass is 219 g/mol. The highest BCUT2D eigenvalue weighted by Crippen LogP contribution is 2.09. The maximum atomic E-state index is 9.30. The van der Waals surface area contributed by atoms with Crippen molar-refractivity contribution in [1.29, 1.82) is 0 Å². The van der Waals surface area contributed by atoms with Crippen molar-refractivity contribution >= 4 is 6.21 Å². The van der Waals surface area contributed by atoms with E-state index in [4.69, 9.17) is 0 Å². The topological polar surface area (TPSA) is 39.1 Å². The van der Waals surface area contributed by atoms with Gasteiger partial charge >= 0.3 is 0 Å². The molecule has 4 heteroatoms. The first-order chi connectivity index (χ1) is 7.74. The number of likely N-dealkylation sites (N-methyl/N-ethyl adjacent to an activating group) is 1. The number of aromatic hydroxyl groups is 1. The first-order valence-electron chi connectivity index (χ1n) is 5.50. The third kappa shape index (κ3) is 2.97. The van der Waals surface area contributed by atoms with Gasteiger partial charge < -0.3 is 10.0 Å². The number of hydrogen-bond donors (Lipinski definition) is 1. The zero-order chi connectivity index (χ0) is 11.4. The Balaban J connectivity index is 1.94. The minimum Gasteiger partial charge on any atom is -0.508 e. The van der Waals surface area contributed by atoms with Crippen LogP contribution in [0.4, 0.5) is 0 Å². The van der Waals surface area contributed by atoms with Crippen LogP contribution >= 0.6 is 0 Å². The molecule has 0 aliphatic carbocycles. The van der Waals surface area contributed by atoms with E-state index in [1.165, 1.54) is 0 Å². The van der Waals surface area contributed by atoms with E-state index in [1.54, 1.807) is 18.3 Å². The van der Waals surface area contributed by atoms with Crippen LogP contribution in [0.25, 0.3) is 0 Å². The van der Waals surface area contributed by atoms with E-state index < -0.39 is 0 Å². The molecule has 0 atom stereocenters. The summed E-state index contributed by atoms with van der Waals surface area (Å²) < 4.78 is 0. The molecular weight excluding hydrogens is 202 g/mol. The van der Waals surface area contributed by atoms with Crippen LogP contribution in [-0.2, 0) is 0 Å². The second kappa shape index (κ2) is 4.99. The summed E-state index contributed by atoms with van der Waals surface area (Å²) in [5, 5.41) is 15.8. The smallest absolute Gasteiger partial charge is 0.116 e. The SMILES string of the molecule is CN1CCN(/N=C/c2cccc(O)c2)CC1. The van der Waals surface area contributed by atoms with Gasteiger partial charge in [0.2, 0.25) is 0 Å². The lowest BCUT2D eigenvalue weighted by Crippen LogP contribution is -2.41. The number of piperazine rings is 1. The Morgan fingerprint density at radius 1 is 1.25 bits per heavy atom. The quantitative estimate of drug-likeness (QED) is 0.753. The van der Waals surface area contributed by atoms with Crippen LogP contribution in [0, 0.1) is 0 Å². The maximum Gasteiger partial charge on any atom is 0.116 e. The van der Waals surface area contributed by atoms with Gasteiger partial charge in [-0.3, -0.25) is 5.01 Å². The van der Waals surface area contributed by atoms with E-state index in [0.29, 0.717) is 0 Å². The average molecular weight is 219 g/mol. The fourth-order valence-corrected chi connectivity index (χ4v) is 1.66. The minimum absolute atomic E-state index is 0.280. The zero-order valence-electron chi connectivity index (χ0n) is 9.50. The van der Waals surface area contributed by atoms with Crippen LogP contribution in [-0.4, -0.2) is 54.5 Å². The van der Waals surface area contributed by atoms with Crippen molar-refractivity contribution in [3.05, 3.63) is 29.8 Å². The third-order valence-corrected chi connectivity index (χ3v) is 2.72. The highest BCUT2D eigenvalue weighted by molar-refractivity contribution is 5.79. The molecule has 16 heavy (non-hydrogen) atoms. The van der Waals surface area contributed by atoms with Crippen molar-refractivity contribution in [2.75, 3.05) is 33.2 Å². The van der Waals surface area contributed by atoms with Crippen LogP contribution < -0.4 is 0 Å². The molecule has 1 N–H and O–H groups in total. The molecule has 0 spiro atoms. The van der Waals surface area contributed by atoms with Crippen molar-refractivity contribution in [3.8, 4) is 5.75 Å². The molecule has 1 saturated heterocycles. The van der Waals surface area contributed by atoms with Crippen LogP contribution in [0.1, 0.15) is 5.56 Å². The Bertz CT molecular complexity index is 370. The Morgan fingerprint density at radius 3 is 2.69 bits per heavy atom. The van der Waals surface area contributed by atoms with E-state index in [2.05, 4.69) is 22.1 Å². The lowest BCUT2D eigenvalue weighted by molar-refractivity contribution is 0.159. The number of hydrazone groups is 1. The molecule has 0 radical (unpaired) electrons. The van der Waals surface area contributed by atoms with Crippen molar-refractivity contribution in [1.82, 2.24) is 9.91 Å². The van der Waals surface area contributed by atoms with Gasteiger partial charge in [0, 0.05) is 26.2 Å². The Morgan fingerprint density at radius 2 is 2.00 bits per heavy atom. The highest BCUT2D eigenvalue weighted by atomic mass is 16.3. The summed E-state index contributed by atoms with van der Waals surface area (Å²) in [6.07, 6.45) is 1.80. The molecule has 0 saturated carbocycles. The molecule has 4 nitrogen and oxygen atoms in total. The summed E-state index contributed by atoms with van der Waals surface area (Å²) in [7, 11) is 2.12. The van der Waals surface area contributed by atoms with E-state index >= 15 is 0 Å². The fourth-order valence-electron chi connectivity index (χ4n) is 1.66. The molecular formula is C12H17N3O. The number of nitrogens with zero attached hydrogens (tertiary/aromatic N) is 3. The average Bonchev–Trinajstić information content (AvgIpc) is 2.28. The standard InChI is InChI=1S/C12H17N3O/c1-14-5-7-15(8-6-14)13-10-11-3-2-4-12(16)9-11/h2-4,9-10,16H,5-8H2,1H3/b13-10+. The largest absolute Gasteiger partial charge is 0.508 e. The van der Waals surface area contributed by atoms with Gasteiger partial charge in [-0.05, 0) is 24.7 Å². The van der Waals surface area contributed by atoms with Crippen molar-refractivity contribution in [3.63, 3.8) is 0 Å². The van der Waals surface area contributed by atoms with Crippen LogP contribution in [0.5, 0.6) is 5.75 Å². The Kier molecular flexibility index (Phi) is 3.41. The van der Waals surface area contributed by atoms with E-state index in [0.717, 1.165) is 31.7 Å². The van der Waals surface area contributed by atoms with Crippen LogP contribution in [0.3, 0.4) is 0 Å². The van der Waals surface area contributed by atoms with Gasteiger partial charge in [-0.15, -0.1) is 0 Å². The first kappa shape index (κ1) is 11.0. The number of rotatable bonds is 2. The summed E-state index contributed by atoms with van der Waals surface area (Å²) in [5.41, 5.74) is 0.930.